The summed E-state index contributed by atoms with van der Waals surface area (Å²) < 4.78 is 0. The number of hydrogen-bond donors (Lipinski definition) is 2. The van der Waals surface area contributed by atoms with E-state index in [2.05, 4.69) is 39.8 Å². The first kappa shape index (κ1) is 22.7. The van der Waals surface area contributed by atoms with Crippen LogP contribution in [-0.2, 0) is 12.8 Å². The van der Waals surface area contributed by atoms with Crippen LogP contribution in [0.15, 0.2) is 30.3 Å². The van der Waals surface area contributed by atoms with Crippen LogP contribution < -0.4 is 0 Å². The van der Waals surface area contributed by atoms with Crippen molar-refractivity contribution >= 4 is 5.57 Å². The average Bonchev–Trinajstić information content (AvgIpc) is 3.26. The Labute approximate surface area is 191 Å². The van der Waals surface area contributed by atoms with E-state index < -0.39 is 12.2 Å². The number of nitriles is 1. The van der Waals surface area contributed by atoms with Gasteiger partial charge in [0.05, 0.1) is 18.6 Å². The molecule has 2 aliphatic rings. The molecule has 168 valence electrons. The zero-order chi connectivity index (χ0) is 23.0. The maximum absolute atomic E-state index is 11.7. The Kier molecular flexibility index (Phi) is 6.25. The van der Waals surface area contributed by atoms with Crippen molar-refractivity contribution in [3.8, 4) is 6.07 Å². The molecular weight excluding hydrogens is 396 g/mol. The van der Waals surface area contributed by atoms with E-state index in [0.29, 0.717) is 12.8 Å². The third-order valence-corrected chi connectivity index (χ3v) is 6.87. The fourth-order valence-electron chi connectivity index (χ4n) is 5.36. The van der Waals surface area contributed by atoms with Gasteiger partial charge >= 0.3 is 0 Å². The highest BCUT2D eigenvalue weighted by molar-refractivity contribution is 5.75. The topological polar surface area (TPSA) is 77.1 Å². The fraction of sp³-hybridized carbons (Fsp3) is 0.500. The molecule has 2 atom stereocenters. The average molecular weight is 431 g/mol. The molecule has 0 saturated carbocycles. The highest BCUT2D eigenvalue weighted by Gasteiger charge is 2.38. The lowest BCUT2D eigenvalue weighted by atomic mass is 9.71. The molecule has 4 nitrogen and oxygen atoms in total. The zero-order valence-electron chi connectivity index (χ0n) is 19.7. The van der Waals surface area contributed by atoms with Crippen molar-refractivity contribution in [1.82, 2.24) is 4.98 Å². The summed E-state index contributed by atoms with van der Waals surface area (Å²) in [7, 11) is 0. The van der Waals surface area contributed by atoms with E-state index in [0.717, 1.165) is 64.9 Å². The van der Waals surface area contributed by atoms with E-state index in [9.17, 15) is 10.2 Å². The standard InChI is InChI=1S/C28H34N2O2/c1-17(2)26-25(27(32)20-11-9-18(10-12-20)13-14-29)23(19-7-5-6-8-19)24-21(30-26)15-28(3,4)16-22(24)31/h7,9-12,17,22,27,31-32H,5-6,8,13,15-16H2,1-4H3/t22?,27-/m1/s1. The van der Waals surface area contributed by atoms with Gasteiger partial charge in [-0.3, -0.25) is 4.98 Å². The fourth-order valence-corrected chi connectivity index (χ4v) is 5.36. The number of aliphatic hydroxyl groups excluding tert-OH is 2. The van der Waals surface area contributed by atoms with Crippen LogP contribution in [-0.4, -0.2) is 15.2 Å². The third kappa shape index (κ3) is 4.25. The smallest absolute Gasteiger partial charge is 0.106 e. The molecule has 0 bridgehead atoms. The maximum Gasteiger partial charge on any atom is 0.106 e. The normalized spacial score (nSPS) is 20.6. The molecule has 1 unspecified atom stereocenters. The van der Waals surface area contributed by atoms with E-state index in [1.807, 2.05) is 24.3 Å². The Hall–Kier alpha value is -2.48. The second-order valence-corrected chi connectivity index (χ2v) is 10.5. The Morgan fingerprint density at radius 1 is 1.22 bits per heavy atom. The molecule has 0 amide bonds. The number of fused-ring (bicyclic) bond motifs is 1. The lowest BCUT2D eigenvalue weighted by Crippen LogP contribution is -2.29. The van der Waals surface area contributed by atoms with Crippen molar-refractivity contribution in [3.05, 3.63) is 69.5 Å². The van der Waals surface area contributed by atoms with Crippen LogP contribution in [0.5, 0.6) is 0 Å². The molecule has 0 radical (unpaired) electrons. The maximum atomic E-state index is 11.7. The van der Waals surface area contributed by atoms with Gasteiger partial charge in [-0.15, -0.1) is 0 Å². The van der Waals surface area contributed by atoms with Crippen molar-refractivity contribution in [2.75, 3.05) is 0 Å². The highest BCUT2D eigenvalue weighted by atomic mass is 16.3. The van der Waals surface area contributed by atoms with E-state index in [1.54, 1.807) is 0 Å². The van der Waals surface area contributed by atoms with Gasteiger partial charge in [-0.1, -0.05) is 58.0 Å². The lowest BCUT2D eigenvalue weighted by Gasteiger charge is -2.37. The SMILES string of the molecule is CC(C)c1nc2c(c(C3=CCCC3)c1[C@H](O)c1ccc(CC#N)cc1)C(O)CC(C)(C)C2. The predicted octanol–water partition coefficient (Wildman–Crippen LogP) is 5.93. The summed E-state index contributed by atoms with van der Waals surface area (Å²) >= 11 is 0. The van der Waals surface area contributed by atoms with Crippen LogP contribution in [0.4, 0.5) is 0 Å². The molecule has 1 heterocycles. The number of benzene rings is 1. The molecular formula is C28H34N2O2. The van der Waals surface area contributed by atoms with Gasteiger partial charge in [0.15, 0.2) is 0 Å². The van der Waals surface area contributed by atoms with Crippen molar-refractivity contribution < 1.29 is 10.2 Å². The molecule has 4 rings (SSSR count). The number of allylic oxidation sites excluding steroid dienone is 2. The van der Waals surface area contributed by atoms with Gasteiger partial charge in [0.2, 0.25) is 0 Å². The summed E-state index contributed by atoms with van der Waals surface area (Å²) in [5.74, 6) is 0.144. The minimum Gasteiger partial charge on any atom is -0.388 e. The van der Waals surface area contributed by atoms with E-state index >= 15 is 0 Å². The number of hydrogen-bond acceptors (Lipinski definition) is 4. The first-order valence-electron chi connectivity index (χ1n) is 11.8. The molecule has 2 aliphatic carbocycles. The Balaban J connectivity index is 1.94. The quantitative estimate of drug-likeness (QED) is 0.617. The molecule has 0 saturated heterocycles. The first-order valence-corrected chi connectivity index (χ1v) is 11.8. The van der Waals surface area contributed by atoms with Crippen LogP contribution in [0.3, 0.4) is 0 Å². The molecule has 4 heteroatoms. The molecule has 32 heavy (non-hydrogen) atoms. The van der Waals surface area contributed by atoms with Crippen LogP contribution in [0.2, 0.25) is 0 Å². The van der Waals surface area contributed by atoms with Gasteiger partial charge in [-0.05, 0) is 65.7 Å². The summed E-state index contributed by atoms with van der Waals surface area (Å²) in [6.07, 6.45) is 5.84. The third-order valence-electron chi connectivity index (χ3n) is 6.87. The van der Waals surface area contributed by atoms with Gasteiger partial charge in [-0.25, -0.2) is 0 Å². The molecule has 2 aromatic rings. The Morgan fingerprint density at radius 2 is 1.94 bits per heavy atom. The molecule has 0 spiro atoms. The van der Waals surface area contributed by atoms with Crippen LogP contribution in [0, 0.1) is 16.7 Å². The molecule has 1 aromatic heterocycles. The number of rotatable bonds is 5. The van der Waals surface area contributed by atoms with Crippen molar-refractivity contribution in [1.29, 1.82) is 5.26 Å². The van der Waals surface area contributed by atoms with Gasteiger partial charge < -0.3 is 10.2 Å². The lowest BCUT2D eigenvalue weighted by molar-refractivity contribution is 0.0972. The summed E-state index contributed by atoms with van der Waals surface area (Å²) in [4.78, 5) is 5.09. The number of pyridine rings is 1. The molecule has 2 N–H and O–H groups in total. The van der Waals surface area contributed by atoms with Crippen molar-refractivity contribution in [2.24, 2.45) is 5.41 Å². The second kappa shape index (κ2) is 8.81. The van der Waals surface area contributed by atoms with Gasteiger partial charge in [0.25, 0.3) is 0 Å². The molecule has 0 aliphatic heterocycles. The first-order chi connectivity index (χ1) is 15.2. The zero-order valence-corrected chi connectivity index (χ0v) is 19.7. The molecule has 0 fully saturated rings. The Morgan fingerprint density at radius 3 is 2.53 bits per heavy atom. The highest BCUT2D eigenvalue weighted by Crippen LogP contribution is 2.48. The second-order valence-electron chi connectivity index (χ2n) is 10.5. The largest absolute Gasteiger partial charge is 0.388 e. The Bertz CT molecular complexity index is 1070. The van der Waals surface area contributed by atoms with Crippen molar-refractivity contribution in [2.45, 2.75) is 84.3 Å². The minimum atomic E-state index is -0.833. The van der Waals surface area contributed by atoms with E-state index in [4.69, 9.17) is 10.2 Å². The number of aliphatic hydroxyl groups is 2. The summed E-state index contributed by atoms with van der Waals surface area (Å²) in [6, 6.07) is 9.81. The number of nitrogens with zero attached hydrogens (tertiary/aromatic N) is 2. The predicted molar refractivity (Wildman–Crippen MR) is 127 cm³/mol. The minimum absolute atomic E-state index is 0.00824. The van der Waals surface area contributed by atoms with Crippen molar-refractivity contribution in [3.63, 3.8) is 0 Å². The van der Waals surface area contributed by atoms with Crippen LogP contribution in [0.25, 0.3) is 5.57 Å². The summed E-state index contributed by atoms with van der Waals surface area (Å²) in [5.41, 5.74) is 7.67. The molecule has 1 aromatic carbocycles. The number of aromatic nitrogens is 1. The van der Waals surface area contributed by atoms with E-state index in [1.165, 1.54) is 5.57 Å². The van der Waals surface area contributed by atoms with Gasteiger partial charge in [0, 0.05) is 22.5 Å². The van der Waals surface area contributed by atoms with Crippen LogP contribution in [0.1, 0.15) is 111 Å². The van der Waals surface area contributed by atoms with E-state index in [-0.39, 0.29) is 11.3 Å². The summed E-state index contributed by atoms with van der Waals surface area (Å²) in [5, 5.41) is 31.9. The van der Waals surface area contributed by atoms with Gasteiger partial charge in [0.1, 0.15) is 6.10 Å². The van der Waals surface area contributed by atoms with Gasteiger partial charge in [-0.2, -0.15) is 5.26 Å². The monoisotopic (exact) mass is 430 g/mol. The van der Waals surface area contributed by atoms with Crippen LogP contribution >= 0.6 is 0 Å². The summed E-state index contributed by atoms with van der Waals surface area (Å²) in [6.45, 7) is 8.63.